The van der Waals surface area contributed by atoms with Crippen molar-refractivity contribution in [3.8, 4) is 11.3 Å². The first kappa shape index (κ1) is 23.3. The maximum atomic E-state index is 13.2. The number of hydrogen-bond donors (Lipinski definition) is 2. The Hall–Kier alpha value is -3.50. The first-order chi connectivity index (χ1) is 16.9. The van der Waals surface area contributed by atoms with Crippen molar-refractivity contribution in [1.29, 1.82) is 0 Å². The minimum atomic E-state index is -3.68. The molecule has 0 radical (unpaired) electrons. The summed E-state index contributed by atoms with van der Waals surface area (Å²) in [6.07, 6.45) is 4.23. The van der Waals surface area contributed by atoms with Crippen molar-refractivity contribution in [2.45, 2.75) is 37.0 Å². The summed E-state index contributed by atoms with van der Waals surface area (Å²) in [5.41, 5.74) is 3.04. The van der Waals surface area contributed by atoms with Gasteiger partial charge in [-0.15, -0.1) is 0 Å². The molecule has 0 atom stereocenters. The molecule has 3 aromatic rings. The average molecular weight is 495 g/mol. The van der Waals surface area contributed by atoms with Crippen molar-refractivity contribution >= 4 is 33.2 Å². The number of fused-ring (bicyclic) bond motifs is 1. The molecule has 2 aliphatic rings. The molecule has 182 valence electrons. The predicted molar refractivity (Wildman–Crippen MR) is 130 cm³/mol. The Morgan fingerprint density at radius 2 is 1.83 bits per heavy atom. The fourth-order valence-electron chi connectivity index (χ4n) is 4.55. The second kappa shape index (κ2) is 9.63. The van der Waals surface area contributed by atoms with Crippen LogP contribution in [0.3, 0.4) is 0 Å². The highest BCUT2D eigenvalue weighted by molar-refractivity contribution is 7.89. The van der Waals surface area contributed by atoms with Crippen LogP contribution in [-0.4, -0.2) is 42.8 Å². The number of anilines is 2. The zero-order valence-electron chi connectivity index (χ0n) is 19.1. The first-order valence-corrected chi connectivity index (χ1v) is 13.1. The molecular weight excluding hydrogens is 468 g/mol. The number of carbonyl (C=O) groups is 2. The molecule has 10 heteroatoms. The maximum Gasteiger partial charge on any atom is 0.243 e. The second-order valence-corrected chi connectivity index (χ2v) is 10.8. The highest BCUT2D eigenvalue weighted by Crippen LogP contribution is 2.29. The number of rotatable bonds is 5. The summed E-state index contributed by atoms with van der Waals surface area (Å²) in [4.78, 5) is 24.8. The van der Waals surface area contributed by atoms with Crippen LogP contribution in [0.1, 0.15) is 31.2 Å². The Morgan fingerprint density at radius 1 is 1.06 bits per heavy atom. The van der Waals surface area contributed by atoms with Gasteiger partial charge in [0, 0.05) is 48.4 Å². The van der Waals surface area contributed by atoms with Crippen LogP contribution in [-0.2, 0) is 26.0 Å². The minimum absolute atomic E-state index is 0.0505. The van der Waals surface area contributed by atoms with E-state index < -0.39 is 10.0 Å². The lowest BCUT2D eigenvalue weighted by molar-refractivity contribution is -0.121. The number of nitrogens with one attached hydrogen (secondary N) is 2. The van der Waals surface area contributed by atoms with Crippen LogP contribution in [0, 0.1) is 5.92 Å². The van der Waals surface area contributed by atoms with Gasteiger partial charge in [-0.3, -0.25) is 9.59 Å². The van der Waals surface area contributed by atoms with Gasteiger partial charge in [0.1, 0.15) is 0 Å². The normalized spacial score (nSPS) is 17.3. The van der Waals surface area contributed by atoms with E-state index in [1.165, 1.54) is 4.31 Å². The van der Waals surface area contributed by atoms with Crippen molar-refractivity contribution < 1.29 is 22.5 Å². The number of nitrogens with zero attached hydrogens (tertiary/aromatic N) is 2. The number of aryl methyl sites for hydroxylation is 1. The second-order valence-electron chi connectivity index (χ2n) is 8.84. The molecule has 0 spiro atoms. The zero-order chi connectivity index (χ0) is 24.4. The van der Waals surface area contributed by atoms with Gasteiger partial charge in [0.15, 0.2) is 5.76 Å². The first-order valence-electron chi connectivity index (χ1n) is 11.6. The Bertz CT molecular complexity index is 1330. The van der Waals surface area contributed by atoms with Crippen molar-refractivity contribution in [2.75, 3.05) is 23.7 Å². The van der Waals surface area contributed by atoms with E-state index in [1.54, 1.807) is 42.6 Å². The van der Waals surface area contributed by atoms with Gasteiger partial charge in [-0.05, 0) is 73.7 Å². The summed E-state index contributed by atoms with van der Waals surface area (Å²) in [6, 6.07) is 13.9. The summed E-state index contributed by atoms with van der Waals surface area (Å²) in [5, 5.41) is 9.45. The summed E-state index contributed by atoms with van der Waals surface area (Å²) >= 11 is 0. The number of amides is 2. The van der Waals surface area contributed by atoms with Crippen molar-refractivity contribution in [3.05, 3.63) is 60.3 Å². The smallest absolute Gasteiger partial charge is 0.243 e. The van der Waals surface area contributed by atoms with E-state index in [4.69, 9.17) is 4.52 Å². The highest BCUT2D eigenvalue weighted by atomic mass is 32.2. The molecule has 2 N–H and O–H groups in total. The molecule has 0 aliphatic carbocycles. The monoisotopic (exact) mass is 494 g/mol. The molecule has 0 bridgehead atoms. The van der Waals surface area contributed by atoms with Gasteiger partial charge in [-0.2, -0.15) is 4.31 Å². The van der Waals surface area contributed by atoms with Gasteiger partial charge in [-0.25, -0.2) is 8.42 Å². The lowest BCUT2D eigenvalue weighted by Gasteiger charge is -2.30. The van der Waals surface area contributed by atoms with E-state index in [1.807, 2.05) is 12.1 Å². The molecule has 0 saturated carbocycles. The number of sulfonamides is 1. The third-order valence-electron chi connectivity index (χ3n) is 6.54. The lowest BCUT2D eigenvalue weighted by atomic mass is 9.97. The van der Waals surface area contributed by atoms with Gasteiger partial charge < -0.3 is 15.2 Å². The molecule has 1 saturated heterocycles. The third-order valence-corrected chi connectivity index (χ3v) is 8.43. The molecule has 2 aromatic carbocycles. The molecular formula is C25H26N4O5S. The molecule has 5 rings (SSSR count). The van der Waals surface area contributed by atoms with E-state index >= 15 is 0 Å². The fourth-order valence-corrected chi connectivity index (χ4v) is 6.07. The molecule has 9 nitrogen and oxygen atoms in total. The summed E-state index contributed by atoms with van der Waals surface area (Å²) in [6.45, 7) is 0.553. The van der Waals surface area contributed by atoms with Crippen LogP contribution < -0.4 is 10.6 Å². The molecule has 2 amide bonds. The molecule has 0 unspecified atom stereocenters. The van der Waals surface area contributed by atoms with Crippen molar-refractivity contribution in [1.82, 2.24) is 9.46 Å². The Labute approximate surface area is 203 Å². The number of piperidine rings is 1. The maximum absolute atomic E-state index is 13.2. The average Bonchev–Trinajstić information content (AvgIpc) is 3.33. The van der Waals surface area contributed by atoms with E-state index in [0.29, 0.717) is 49.2 Å². The van der Waals surface area contributed by atoms with Crippen LogP contribution in [0.4, 0.5) is 11.4 Å². The highest BCUT2D eigenvalue weighted by Gasteiger charge is 2.32. The van der Waals surface area contributed by atoms with Crippen LogP contribution in [0.2, 0.25) is 0 Å². The van der Waals surface area contributed by atoms with Gasteiger partial charge in [0.25, 0.3) is 0 Å². The standard InChI is InChI=1S/C25H26N4O5S/c30-24-3-1-2-19-16-21(8-9-22(19)28-24)35(32,33)29-14-11-18(12-15-29)25(31)27-20-6-4-17(5-7-20)23-10-13-26-34-23/h4-10,13,16,18H,1-3,11-12,14-15H2,(H,27,31)(H,28,30). The topological polar surface area (TPSA) is 122 Å². The van der Waals surface area contributed by atoms with Gasteiger partial charge in [-0.1, -0.05) is 5.16 Å². The van der Waals surface area contributed by atoms with Gasteiger partial charge in [0.2, 0.25) is 21.8 Å². The van der Waals surface area contributed by atoms with Crippen molar-refractivity contribution in [3.63, 3.8) is 0 Å². The van der Waals surface area contributed by atoms with E-state index in [9.17, 15) is 18.0 Å². The molecule has 35 heavy (non-hydrogen) atoms. The molecule has 2 aliphatic heterocycles. The predicted octanol–water partition coefficient (Wildman–Crippen LogP) is 3.66. The number of hydrogen-bond acceptors (Lipinski definition) is 6. The summed E-state index contributed by atoms with van der Waals surface area (Å²) in [5.74, 6) is 0.217. The lowest BCUT2D eigenvalue weighted by Crippen LogP contribution is -2.41. The van der Waals surface area contributed by atoms with Crippen molar-refractivity contribution in [2.24, 2.45) is 5.92 Å². The summed E-state index contributed by atoms with van der Waals surface area (Å²) < 4.78 is 33.1. The molecule has 3 heterocycles. The van der Waals surface area contributed by atoms with Crippen LogP contribution in [0.15, 0.2) is 64.1 Å². The third kappa shape index (κ3) is 4.98. The Morgan fingerprint density at radius 3 is 2.54 bits per heavy atom. The number of aromatic nitrogens is 1. The quantitative estimate of drug-likeness (QED) is 0.558. The summed E-state index contributed by atoms with van der Waals surface area (Å²) in [7, 11) is -3.68. The van der Waals surface area contributed by atoms with Gasteiger partial charge in [0.05, 0.1) is 11.1 Å². The Balaban J connectivity index is 1.20. The molecule has 1 fully saturated rings. The fraction of sp³-hybridized carbons (Fsp3) is 0.320. The minimum Gasteiger partial charge on any atom is -0.356 e. The number of benzene rings is 2. The van der Waals surface area contributed by atoms with Crippen LogP contribution >= 0.6 is 0 Å². The zero-order valence-corrected chi connectivity index (χ0v) is 19.9. The van der Waals surface area contributed by atoms with Gasteiger partial charge >= 0.3 is 0 Å². The van der Waals surface area contributed by atoms with Crippen LogP contribution in [0.25, 0.3) is 11.3 Å². The number of carbonyl (C=O) groups excluding carboxylic acids is 2. The Kier molecular flexibility index (Phi) is 6.40. The SMILES string of the molecule is O=C1CCCc2cc(S(=O)(=O)N3CCC(C(=O)Nc4ccc(-c5ccno5)cc4)CC3)ccc2N1. The van der Waals surface area contributed by atoms with E-state index in [2.05, 4.69) is 15.8 Å². The van der Waals surface area contributed by atoms with E-state index in [-0.39, 0.29) is 35.7 Å². The largest absolute Gasteiger partial charge is 0.356 e. The van der Waals surface area contributed by atoms with Crippen LogP contribution in [0.5, 0.6) is 0 Å². The molecule has 1 aromatic heterocycles. The van der Waals surface area contributed by atoms with E-state index in [0.717, 1.165) is 11.1 Å².